The van der Waals surface area contributed by atoms with Crippen LogP contribution in [-0.2, 0) is 7.05 Å². The molecule has 1 aliphatic heterocycles. The molecular formula is C22H30N4O. The topological polar surface area (TPSA) is 50.2 Å². The Morgan fingerprint density at radius 1 is 1.11 bits per heavy atom. The molecule has 0 amide bonds. The zero-order chi connectivity index (χ0) is 18.6. The maximum absolute atomic E-state index is 11.8. The second-order valence-electron chi connectivity index (χ2n) is 8.14. The van der Waals surface area contributed by atoms with Crippen LogP contribution in [0.15, 0.2) is 47.4 Å². The average Bonchev–Trinajstić information content (AvgIpc) is 3.19. The first-order chi connectivity index (χ1) is 13.2. The van der Waals surface area contributed by atoms with E-state index in [1.807, 2.05) is 6.20 Å². The van der Waals surface area contributed by atoms with Crippen LogP contribution < -0.4 is 15.8 Å². The molecule has 1 N–H and O–H groups in total. The zero-order valence-electron chi connectivity index (χ0n) is 16.2. The van der Waals surface area contributed by atoms with Gasteiger partial charge < -0.3 is 10.2 Å². The van der Waals surface area contributed by atoms with Gasteiger partial charge in [-0.05, 0) is 56.0 Å². The number of rotatable bonds is 5. The first-order valence-electron chi connectivity index (χ1n) is 10.3. The van der Waals surface area contributed by atoms with Crippen molar-refractivity contribution < 1.29 is 0 Å². The van der Waals surface area contributed by atoms with Gasteiger partial charge in [-0.2, -0.15) is 5.10 Å². The molecule has 1 unspecified atom stereocenters. The van der Waals surface area contributed by atoms with E-state index in [4.69, 9.17) is 0 Å². The minimum Gasteiger partial charge on any atom is -0.370 e. The van der Waals surface area contributed by atoms with Crippen molar-refractivity contribution in [2.75, 3.05) is 24.5 Å². The van der Waals surface area contributed by atoms with Gasteiger partial charge in [0.05, 0.1) is 11.9 Å². The Kier molecular flexibility index (Phi) is 5.58. The molecule has 2 aromatic rings. The van der Waals surface area contributed by atoms with E-state index in [1.54, 1.807) is 13.1 Å². The van der Waals surface area contributed by atoms with Gasteiger partial charge in [0.2, 0.25) is 0 Å². The molecule has 4 rings (SSSR count). The Hall–Kier alpha value is -2.14. The van der Waals surface area contributed by atoms with Gasteiger partial charge >= 0.3 is 0 Å². The van der Waals surface area contributed by atoms with Crippen LogP contribution in [0.1, 0.15) is 43.6 Å². The van der Waals surface area contributed by atoms with E-state index in [1.165, 1.54) is 42.3 Å². The first kappa shape index (κ1) is 18.2. The molecule has 0 bridgehead atoms. The molecule has 2 aliphatic rings. The number of aryl methyl sites for hydroxylation is 1. The number of benzene rings is 1. The Morgan fingerprint density at radius 2 is 1.89 bits per heavy atom. The lowest BCUT2D eigenvalue weighted by atomic mass is 9.81. The first-order valence-corrected chi connectivity index (χ1v) is 10.3. The van der Waals surface area contributed by atoms with Crippen molar-refractivity contribution in [3.8, 4) is 0 Å². The van der Waals surface area contributed by atoms with E-state index in [2.05, 4.69) is 45.6 Å². The molecule has 144 valence electrons. The predicted octanol–water partition coefficient (Wildman–Crippen LogP) is 2.92. The van der Waals surface area contributed by atoms with E-state index in [0.29, 0.717) is 12.0 Å². The molecule has 0 radical (unpaired) electrons. The number of nitrogens with one attached hydrogen (secondary N) is 1. The van der Waals surface area contributed by atoms with Gasteiger partial charge in [0.1, 0.15) is 0 Å². The van der Waals surface area contributed by atoms with E-state index in [9.17, 15) is 4.79 Å². The van der Waals surface area contributed by atoms with E-state index >= 15 is 0 Å². The fraction of sp³-hybridized carbons (Fsp3) is 0.545. The lowest BCUT2D eigenvalue weighted by Crippen LogP contribution is -2.37. The van der Waals surface area contributed by atoms with Crippen LogP contribution in [0.3, 0.4) is 0 Å². The highest BCUT2D eigenvalue weighted by Gasteiger charge is 2.26. The minimum absolute atomic E-state index is 0.0377. The molecule has 27 heavy (non-hydrogen) atoms. The summed E-state index contributed by atoms with van der Waals surface area (Å²) in [5, 5.41) is 7.97. The average molecular weight is 367 g/mol. The number of hydrogen-bond acceptors (Lipinski definition) is 4. The normalized spacial score (nSPS) is 25.7. The predicted molar refractivity (Wildman–Crippen MR) is 109 cm³/mol. The molecule has 1 atom stereocenters. The van der Waals surface area contributed by atoms with Gasteiger partial charge in [-0.3, -0.25) is 4.79 Å². The fourth-order valence-electron chi connectivity index (χ4n) is 4.56. The third-order valence-corrected chi connectivity index (χ3v) is 6.30. The van der Waals surface area contributed by atoms with Gasteiger partial charge in [0, 0.05) is 32.2 Å². The van der Waals surface area contributed by atoms with Crippen LogP contribution in [0, 0.1) is 5.92 Å². The number of hydrogen-bond donors (Lipinski definition) is 1. The molecule has 2 fully saturated rings. The number of nitrogens with zero attached hydrogens (tertiary/aromatic N) is 3. The second-order valence-corrected chi connectivity index (χ2v) is 8.14. The summed E-state index contributed by atoms with van der Waals surface area (Å²) >= 11 is 0. The van der Waals surface area contributed by atoms with E-state index < -0.39 is 0 Å². The molecule has 1 saturated carbocycles. The van der Waals surface area contributed by atoms with Crippen molar-refractivity contribution in [2.45, 2.75) is 44.1 Å². The highest BCUT2D eigenvalue weighted by atomic mass is 16.1. The van der Waals surface area contributed by atoms with Gasteiger partial charge in [-0.25, -0.2) is 4.68 Å². The quantitative estimate of drug-likeness (QED) is 0.884. The summed E-state index contributed by atoms with van der Waals surface area (Å²) in [5.41, 5.74) is 2.43. The molecule has 2 heterocycles. The molecule has 1 saturated heterocycles. The van der Waals surface area contributed by atoms with E-state index in [0.717, 1.165) is 31.2 Å². The Balaban J connectivity index is 1.22. The molecule has 0 spiro atoms. The highest BCUT2D eigenvalue weighted by Crippen LogP contribution is 2.33. The summed E-state index contributed by atoms with van der Waals surface area (Å²) in [6.07, 6.45) is 8.11. The molecule has 5 nitrogen and oxygen atoms in total. The maximum atomic E-state index is 11.8. The summed E-state index contributed by atoms with van der Waals surface area (Å²) in [7, 11) is 1.69. The van der Waals surface area contributed by atoms with Crippen molar-refractivity contribution >= 4 is 5.69 Å². The highest BCUT2D eigenvalue weighted by molar-refractivity contribution is 5.44. The Labute approximate surface area is 161 Å². The van der Waals surface area contributed by atoms with Gasteiger partial charge in [0.25, 0.3) is 5.56 Å². The summed E-state index contributed by atoms with van der Waals surface area (Å²) in [6.45, 7) is 3.11. The largest absolute Gasteiger partial charge is 0.370 e. The zero-order valence-corrected chi connectivity index (χ0v) is 16.2. The SMILES string of the molecule is Cn1ncc(N2CCC(CNC3CCC(c4ccccc4)CC3)C2)cc1=O. The van der Waals surface area contributed by atoms with Crippen molar-refractivity contribution in [3.05, 3.63) is 58.5 Å². The number of aromatic nitrogens is 2. The molecule has 5 heteroatoms. The Bertz CT molecular complexity index is 795. The van der Waals surface area contributed by atoms with Crippen LogP contribution >= 0.6 is 0 Å². The molecular weight excluding hydrogens is 336 g/mol. The van der Waals surface area contributed by atoms with Crippen LogP contribution in [-0.4, -0.2) is 35.5 Å². The molecule has 1 aromatic carbocycles. The van der Waals surface area contributed by atoms with Gasteiger partial charge in [-0.1, -0.05) is 30.3 Å². The van der Waals surface area contributed by atoms with Crippen LogP contribution in [0.5, 0.6) is 0 Å². The molecule has 1 aromatic heterocycles. The third kappa shape index (κ3) is 4.41. The third-order valence-electron chi connectivity index (χ3n) is 6.30. The second kappa shape index (κ2) is 8.26. The lowest BCUT2D eigenvalue weighted by Gasteiger charge is -2.30. The summed E-state index contributed by atoms with van der Waals surface area (Å²) in [6, 6.07) is 13.3. The number of anilines is 1. The van der Waals surface area contributed by atoms with Crippen LogP contribution in [0.2, 0.25) is 0 Å². The minimum atomic E-state index is -0.0377. The smallest absolute Gasteiger partial charge is 0.268 e. The lowest BCUT2D eigenvalue weighted by molar-refractivity contribution is 0.328. The summed E-state index contributed by atoms with van der Waals surface area (Å²) < 4.78 is 1.38. The maximum Gasteiger partial charge on any atom is 0.268 e. The Morgan fingerprint density at radius 3 is 2.63 bits per heavy atom. The van der Waals surface area contributed by atoms with Crippen molar-refractivity contribution in [2.24, 2.45) is 13.0 Å². The van der Waals surface area contributed by atoms with Gasteiger partial charge in [0.15, 0.2) is 0 Å². The summed E-state index contributed by atoms with van der Waals surface area (Å²) in [5.74, 6) is 1.39. The monoisotopic (exact) mass is 366 g/mol. The standard InChI is InChI=1S/C22H30N4O/c1-25-22(27)13-21(15-24-25)26-12-11-17(16-26)14-23-20-9-7-19(8-10-20)18-5-3-2-4-6-18/h2-6,13,15,17,19-20,23H,7-12,14,16H2,1H3. The van der Waals surface area contributed by atoms with Crippen molar-refractivity contribution in [1.82, 2.24) is 15.1 Å². The fourth-order valence-corrected chi connectivity index (χ4v) is 4.56. The van der Waals surface area contributed by atoms with E-state index in [-0.39, 0.29) is 5.56 Å². The van der Waals surface area contributed by atoms with Crippen molar-refractivity contribution in [3.63, 3.8) is 0 Å². The summed E-state index contributed by atoms with van der Waals surface area (Å²) in [4.78, 5) is 14.1. The van der Waals surface area contributed by atoms with Gasteiger partial charge in [-0.15, -0.1) is 0 Å². The van der Waals surface area contributed by atoms with Crippen LogP contribution in [0.4, 0.5) is 5.69 Å². The van der Waals surface area contributed by atoms with Crippen molar-refractivity contribution in [1.29, 1.82) is 0 Å². The molecule has 1 aliphatic carbocycles. The van der Waals surface area contributed by atoms with Crippen LogP contribution in [0.25, 0.3) is 0 Å².